The number of ether oxygens (including phenoxy) is 1. The van der Waals surface area contributed by atoms with Crippen LogP contribution in [0.5, 0.6) is 0 Å². The molecule has 1 unspecified atom stereocenters. The molecule has 0 saturated heterocycles. The van der Waals surface area contributed by atoms with E-state index in [0.29, 0.717) is 19.3 Å². The van der Waals surface area contributed by atoms with E-state index in [1.165, 1.54) is 7.11 Å². The van der Waals surface area contributed by atoms with Crippen LogP contribution < -0.4 is 0 Å². The lowest BCUT2D eigenvalue weighted by Crippen LogP contribution is -2.39. The highest BCUT2D eigenvalue weighted by Crippen LogP contribution is 2.29. The molecule has 1 aliphatic carbocycles. The number of hydrogen-bond donors (Lipinski definition) is 0. The van der Waals surface area contributed by atoms with Gasteiger partial charge in [-0.2, -0.15) is 0 Å². The second-order valence-corrected chi connectivity index (χ2v) is 11.1. The molecule has 0 radical (unpaired) electrons. The van der Waals surface area contributed by atoms with E-state index in [-0.39, 0.29) is 17.9 Å². The van der Waals surface area contributed by atoms with Crippen LogP contribution in [0, 0.1) is 0 Å². The normalized spacial score (nSPS) is 18.2. The standard InChI is InChI=1S/C19H32O4Si/c1-5-24(6-2,7-3)23-17-14-16(18(20)15-17)12-10-8-9-11-13-19(21)22-4/h8,10,14,17H,5-7,9,11-13,15H2,1-4H3/b10-8+. The van der Waals surface area contributed by atoms with Gasteiger partial charge in [0.1, 0.15) is 0 Å². The molecule has 0 heterocycles. The number of hydrogen-bond acceptors (Lipinski definition) is 4. The summed E-state index contributed by atoms with van der Waals surface area (Å²) in [6.07, 6.45) is 9.28. The van der Waals surface area contributed by atoms with Gasteiger partial charge in [-0.25, -0.2) is 0 Å². The summed E-state index contributed by atoms with van der Waals surface area (Å²) in [5, 5.41) is 0. The van der Waals surface area contributed by atoms with Crippen LogP contribution in [0.25, 0.3) is 0 Å². The van der Waals surface area contributed by atoms with Crippen LogP contribution in [0.2, 0.25) is 18.1 Å². The minimum atomic E-state index is -1.66. The van der Waals surface area contributed by atoms with Crippen molar-refractivity contribution >= 4 is 20.1 Å². The van der Waals surface area contributed by atoms with E-state index in [9.17, 15) is 9.59 Å². The molecule has 1 aliphatic rings. The van der Waals surface area contributed by atoms with E-state index in [4.69, 9.17) is 4.43 Å². The first-order valence-corrected chi connectivity index (χ1v) is 11.7. The van der Waals surface area contributed by atoms with Crippen LogP contribution in [0.15, 0.2) is 23.8 Å². The largest absolute Gasteiger partial charge is 0.469 e. The molecule has 0 aromatic rings. The van der Waals surface area contributed by atoms with E-state index in [1.54, 1.807) is 0 Å². The number of Topliss-reactive ketones (excluding diaryl/α,β-unsaturated/α-hetero) is 1. The third-order valence-corrected chi connectivity index (χ3v) is 9.62. The summed E-state index contributed by atoms with van der Waals surface area (Å²) in [4.78, 5) is 23.2. The number of carbonyl (C=O) groups excluding carboxylic acids is 2. The number of methoxy groups -OCH3 is 1. The molecule has 0 aromatic carbocycles. The summed E-state index contributed by atoms with van der Waals surface area (Å²) >= 11 is 0. The minimum absolute atomic E-state index is 0.0215. The van der Waals surface area contributed by atoms with Gasteiger partial charge in [-0.3, -0.25) is 9.59 Å². The van der Waals surface area contributed by atoms with Gasteiger partial charge >= 0.3 is 5.97 Å². The lowest BCUT2D eigenvalue weighted by Gasteiger charge is -2.30. The molecule has 0 N–H and O–H groups in total. The molecule has 136 valence electrons. The highest BCUT2D eigenvalue weighted by molar-refractivity contribution is 6.73. The number of allylic oxidation sites excluding steroid dienone is 3. The maximum absolute atomic E-state index is 12.2. The van der Waals surface area contributed by atoms with Gasteiger partial charge in [-0.15, -0.1) is 0 Å². The Hall–Kier alpha value is -1.20. The van der Waals surface area contributed by atoms with Crippen LogP contribution >= 0.6 is 0 Å². The highest BCUT2D eigenvalue weighted by atomic mass is 28.4. The van der Waals surface area contributed by atoms with E-state index in [0.717, 1.165) is 36.5 Å². The van der Waals surface area contributed by atoms with Crippen molar-refractivity contribution in [1.82, 2.24) is 0 Å². The lowest BCUT2D eigenvalue weighted by atomic mass is 10.1. The van der Waals surface area contributed by atoms with Gasteiger partial charge in [0.2, 0.25) is 0 Å². The number of ketones is 1. The fourth-order valence-electron chi connectivity index (χ4n) is 3.06. The first-order chi connectivity index (χ1) is 11.5. The van der Waals surface area contributed by atoms with Crippen LogP contribution in [-0.4, -0.2) is 33.3 Å². The second-order valence-electron chi connectivity index (χ2n) is 6.36. The zero-order valence-electron chi connectivity index (χ0n) is 15.6. The van der Waals surface area contributed by atoms with E-state index in [1.807, 2.05) is 18.2 Å². The molecule has 1 atom stereocenters. The Bertz CT molecular complexity index is 469. The van der Waals surface area contributed by atoms with Crippen molar-refractivity contribution in [3.05, 3.63) is 23.8 Å². The van der Waals surface area contributed by atoms with Gasteiger partial charge in [0, 0.05) is 12.8 Å². The average molecular weight is 353 g/mol. The topological polar surface area (TPSA) is 52.6 Å². The highest BCUT2D eigenvalue weighted by Gasteiger charge is 2.34. The van der Waals surface area contributed by atoms with E-state index in [2.05, 4.69) is 25.5 Å². The van der Waals surface area contributed by atoms with Gasteiger partial charge in [-0.05, 0) is 49.0 Å². The van der Waals surface area contributed by atoms with E-state index >= 15 is 0 Å². The van der Waals surface area contributed by atoms with Crippen molar-refractivity contribution in [2.45, 2.75) is 77.1 Å². The minimum Gasteiger partial charge on any atom is -0.469 e. The van der Waals surface area contributed by atoms with Crippen LogP contribution in [0.4, 0.5) is 0 Å². The van der Waals surface area contributed by atoms with Gasteiger partial charge < -0.3 is 9.16 Å². The van der Waals surface area contributed by atoms with Crippen LogP contribution in [-0.2, 0) is 18.8 Å². The van der Waals surface area contributed by atoms with Crippen molar-refractivity contribution in [3.8, 4) is 0 Å². The first-order valence-electron chi connectivity index (χ1n) is 9.13. The van der Waals surface area contributed by atoms with Crippen molar-refractivity contribution in [2.75, 3.05) is 7.11 Å². The summed E-state index contributed by atoms with van der Waals surface area (Å²) in [5.41, 5.74) is 0.871. The molecular weight excluding hydrogens is 320 g/mol. The fraction of sp³-hybridized carbons (Fsp3) is 0.684. The quantitative estimate of drug-likeness (QED) is 0.237. The molecule has 0 bridgehead atoms. The Kier molecular flexibility index (Phi) is 9.22. The predicted octanol–water partition coefficient (Wildman–Crippen LogP) is 4.57. The molecule has 24 heavy (non-hydrogen) atoms. The molecule has 0 spiro atoms. The maximum atomic E-state index is 12.2. The molecule has 0 saturated carbocycles. The van der Waals surface area contributed by atoms with Gasteiger partial charge in [0.05, 0.1) is 13.2 Å². The van der Waals surface area contributed by atoms with Gasteiger partial charge in [0.15, 0.2) is 14.1 Å². The molecular formula is C19H32O4Si. The summed E-state index contributed by atoms with van der Waals surface area (Å²) in [7, 11) is -0.259. The molecule has 0 fully saturated rings. The zero-order chi connectivity index (χ0) is 18.0. The summed E-state index contributed by atoms with van der Waals surface area (Å²) in [5.74, 6) is 0.0397. The Labute approximate surface area is 147 Å². The van der Waals surface area contributed by atoms with Crippen molar-refractivity contribution in [1.29, 1.82) is 0 Å². The predicted molar refractivity (Wildman–Crippen MR) is 99.4 cm³/mol. The maximum Gasteiger partial charge on any atom is 0.305 e. The number of esters is 1. The third kappa shape index (κ3) is 6.36. The molecule has 4 nitrogen and oxygen atoms in total. The second kappa shape index (κ2) is 10.6. The van der Waals surface area contributed by atoms with Crippen molar-refractivity contribution in [2.24, 2.45) is 0 Å². The zero-order valence-corrected chi connectivity index (χ0v) is 16.6. The van der Waals surface area contributed by atoms with Crippen molar-refractivity contribution < 1.29 is 18.8 Å². The number of carbonyl (C=O) groups is 2. The number of rotatable bonds is 11. The van der Waals surface area contributed by atoms with E-state index < -0.39 is 8.32 Å². The molecule has 0 amide bonds. The fourth-order valence-corrected chi connectivity index (χ4v) is 5.86. The Balaban J connectivity index is 2.45. The molecule has 5 heteroatoms. The summed E-state index contributed by atoms with van der Waals surface area (Å²) < 4.78 is 11.0. The average Bonchev–Trinajstić information content (AvgIpc) is 2.94. The number of unbranched alkanes of at least 4 members (excludes halogenated alkanes) is 1. The van der Waals surface area contributed by atoms with Crippen LogP contribution in [0.3, 0.4) is 0 Å². The Morgan fingerprint density at radius 3 is 2.50 bits per heavy atom. The first kappa shape index (κ1) is 20.8. The summed E-state index contributed by atoms with van der Waals surface area (Å²) in [6, 6.07) is 3.32. The molecule has 1 rings (SSSR count). The molecule has 0 aromatic heterocycles. The van der Waals surface area contributed by atoms with Crippen molar-refractivity contribution in [3.63, 3.8) is 0 Å². The summed E-state index contributed by atoms with van der Waals surface area (Å²) in [6.45, 7) is 6.62. The Morgan fingerprint density at radius 2 is 1.92 bits per heavy atom. The van der Waals surface area contributed by atoms with Crippen LogP contribution in [0.1, 0.15) is 52.9 Å². The van der Waals surface area contributed by atoms with Gasteiger partial charge in [0.25, 0.3) is 0 Å². The SMILES string of the molecule is CC[Si](CC)(CC)OC1C=C(C/C=C/CCCC(=O)OC)C(=O)C1. The van der Waals surface area contributed by atoms with Gasteiger partial charge in [-0.1, -0.05) is 32.9 Å². The molecule has 0 aliphatic heterocycles. The smallest absolute Gasteiger partial charge is 0.305 e. The lowest BCUT2D eigenvalue weighted by molar-refractivity contribution is -0.140. The third-order valence-electron chi connectivity index (χ3n) is 4.95. The Morgan fingerprint density at radius 1 is 1.25 bits per heavy atom. The monoisotopic (exact) mass is 352 g/mol.